The standard InChI is InChI=1S/C19H18N2O3S/c1-13(22)14-6-8-15(9-7-14)25(23,24)21-11-10-19-17(12-21)16-4-2-3-5-18(16)20-19/h2-9,20H,10-12H2,1H3. The van der Waals surface area contributed by atoms with E-state index in [4.69, 9.17) is 0 Å². The zero-order valence-corrected chi connectivity index (χ0v) is 14.6. The maximum Gasteiger partial charge on any atom is 0.243 e. The van der Waals surface area contributed by atoms with E-state index in [1.165, 1.54) is 23.4 Å². The van der Waals surface area contributed by atoms with Gasteiger partial charge in [-0.25, -0.2) is 8.42 Å². The Hall–Kier alpha value is -2.44. The number of hydrogen-bond acceptors (Lipinski definition) is 3. The average molecular weight is 354 g/mol. The first-order valence-electron chi connectivity index (χ1n) is 8.16. The van der Waals surface area contributed by atoms with Gasteiger partial charge in [0.05, 0.1) is 4.90 Å². The molecule has 0 spiro atoms. The van der Waals surface area contributed by atoms with Crippen molar-refractivity contribution in [1.82, 2.24) is 9.29 Å². The van der Waals surface area contributed by atoms with Crippen LogP contribution in [0, 0.1) is 0 Å². The van der Waals surface area contributed by atoms with E-state index in [-0.39, 0.29) is 10.7 Å². The van der Waals surface area contributed by atoms with Crippen molar-refractivity contribution < 1.29 is 13.2 Å². The van der Waals surface area contributed by atoms with Gasteiger partial charge in [-0.15, -0.1) is 0 Å². The largest absolute Gasteiger partial charge is 0.358 e. The van der Waals surface area contributed by atoms with Gasteiger partial charge in [-0.3, -0.25) is 4.79 Å². The molecule has 0 aliphatic carbocycles. The van der Waals surface area contributed by atoms with Gasteiger partial charge < -0.3 is 4.98 Å². The van der Waals surface area contributed by atoms with Gasteiger partial charge in [-0.2, -0.15) is 4.31 Å². The molecule has 1 N–H and O–H groups in total. The van der Waals surface area contributed by atoms with Crippen LogP contribution >= 0.6 is 0 Å². The fraction of sp³-hybridized carbons (Fsp3) is 0.211. The Balaban J connectivity index is 1.69. The molecular weight excluding hydrogens is 336 g/mol. The number of fused-ring (bicyclic) bond motifs is 3. The molecule has 0 saturated carbocycles. The van der Waals surface area contributed by atoms with Crippen molar-refractivity contribution in [1.29, 1.82) is 0 Å². The summed E-state index contributed by atoms with van der Waals surface area (Å²) in [6.07, 6.45) is 0.661. The summed E-state index contributed by atoms with van der Waals surface area (Å²) in [6, 6.07) is 14.1. The number of carbonyl (C=O) groups excluding carboxylic acids is 1. The van der Waals surface area contributed by atoms with E-state index in [2.05, 4.69) is 4.98 Å². The fourth-order valence-electron chi connectivity index (χ4n) is 3.36. The molecule has 0 amide bonds. The molecular formula is C19H18N2O3S. The maximum atomic E-state index is 13.0. The molecule has 1 aliphatic rings. The van der Waals surface area contributed by atoms with Gasteiger partial charge >= 0.3 is 0 Å². The number of carbonyl (C=O) groups is 1. The second-order valence-corrected chi connectivity index (χ2v) is 8.23. The van der Waals surface area contributed by atoms with Crippen LogP contribution in [0.15, 0.2) is 53.4 Å². The molecule has 6 heteroatoms. The van der Waals surface area contributed by atoms with E-state index >= 15 is 0 Å². The highest BCUT2D eigenvalue weighted by Gasteiger charge is 2.30. The fourth-order valence-corrected chi connectivity index (χ4v) is 4.77. The Kier molecular flexibility index (Phi) is 3.74. The molecule has 25 heavy (non-hydrogen) atoms. The molecule has 128 valence electrons. The summed E-state index contributed by atoms with van der Waals surface area (Å²) in [5.74, 6) is -0.0784. The number of ketones is 1. The summed E-state index contributed by atoms with van der Waals surface area (Å²) in [5.41, 5.74) is 3.71. The van der Waals surface area contributed by atoms with Gasteiger partial charge in [0.15, 0.2) is 5.78 Å². The van der Waals surface area contributed by atoms with Gasteiger partial charge in [-0.05, 0) is 30.7 Å². The van der Waals surface area contributed by atoms with Crippen molar-refractivity contribution in [2.45, 2.75) is 24.8 Å². The molecule has 1 aromatic heterocycles. The topological polar surface area (TPSA) is 70.2 Å². The van der Waals surface area contributed by atoms with E-state index in [0.717, 1.165) is 22.2 Å². The molecule has 5 nitrogen and oxygen atoms in total. The lowest BCUT2D eigenvalue weighted by Crippen LogP contribution is -2.35. The van der Waals surface area contributed by atoms with Gasteiger partial charge in [-0.1, -0.05) is 30.3 Å². The van der Waals surface area contributed by atoms with Gasteiger partial charge in [0.2, 0.25) is 10.0 Å². The van der Waals surface area contributed by atoms with Crippen LogP contribution in [0.1, 0.15) is 28.5 Å². The molecule has 0 radical (unpaired) electrons. The molecule has 0 saturated heterocycles. The predicted molar refractivity (Wildman–Crippen MR) is 96.0 cm³/mol. The molecule has 0 unspecified atom stereocenters. The number of para-hydroxylation sites is 1. The SMILES string of the molecule is CC(=O)c1ccc(S(=O)(=O)N2CCc3[nH]c4ccccc4c3C2)cc1. The molecule has 1 aliphatic heterocycles. The van der Waals surface area contributed by atoms with Crippen LogP contribution in [0.4, 0.5) is 0 Å². The zero-order valence-electron chi connectivity index (χ0n) is 13.8. The first kappa shape index (κ1) is 16.1. The summed E-state index contributed by atoms with van der Waals surface area (Å²) < 4.78 is 27.4. The first-order valence-corrected chi connectivity index (χ1v) is 9.60. The summed E-state index contributed by atoms with van der Waals surface area (Å²) >= 11 is 0. The lowest BCUT2D eigenvalue weighted by molar-refractivity contribution is 0.101. The number of aromatic nitrogens is 1. The first-order chi connectivity index (χ1) is 12.0. The third-order valence-corrected chi connectivity index (χ3v) is 6.61. The summed E-state index contributed by atoms with van der Waals surface area (Å²) in [6.45, 7) is 2.26. The molecule has 3 aromatic rings. The van der Waals surface area contributed by atoms with Crippen LogP contribution in [0.2, 0.25) is 0 Å². The minimum atomic E-state index is -3.59. The van der Waals surface area contributed by atoms with Crippen LogP contribution in [0.25, 0.3) is 10.9 Å². The molecule has 0 atom stereocenters. The number of nitrogens with zero attached hydrogens (tertiary/aromatic N) is 1. The highest BCUT2D eigenvalue weighted by molar-refractivity contribution is 7.89. The number of benzene rings is 2. The Morgan fingerprint density at radius 1 is 1.08 bits per heavy atom. The van der Waals surface area contributed by atoms with Gasteiger partial charge in [0.25, 0.3) is 0 Å². The van der Waals surface area contributed by atoms with Crippen LogP contribution in [-0.4, -0.2) is 30.0 Å². The van der Waals surface area contributed by atoms with Crippen molar-refractivity contribution in [3.63, 3.8) is 0 Å². The molecule has 0 fully saturated rings. The third-order valence-electron chi connectivity index (χ3n) is 4.75. The van der Waals surface area contributed by atoms with Crippen LogP contribution < -0.4 is 0 Å². The Morgan fingerprint density at radius 2 is 1.80 bits per heavy atom. The number of aromatic amines is 1. The van der Waals surface area contributed by atoms with Crippen molar-refractivity contribution in [3.8, 4) is 0 Å². The minimum Gasteiger partial charge on any atom is -0.358 e. The highest BCUT2D eigenvalue weighted by atomic mass is 32.2. The van der Waals surface area contributed by atoms with Crippen LogP contribution in [0.3, 0.4) is 0 Å². The van der Waals surface area contributed by atoms with Gasteiger partial charge in [0.1, 0.15) is 0 Å². The molecule has 2 heterocycles. The highest BCUT2D eigenvalue weighted by Crippen LogP contribution is 2.30. The van der Waals surface area contributed by atoms with E-state index in [9.17, 15) is 13.2 Å². The second kappa shape index (κ2) is 5.82. The number of sulfonamides is 1. The number of H-pyrrole nitrogens is 1. The quantitative estimate of drug-likeness (QED) is 0.735. The Labute approximate surface area is 146 Å². The van der Waals surface area contributed by atoms with Crippen molar-refractivity contribution in [2.75, 3.05) is 6.54 Å². The van der Waals surface area contributed by atoms with Crippen molar-refractivity contribution in [2.24, 2.45) is 0 Å². The number of rotatable bonds is 3. The van der Waals surface area contributed by atoms with Gasteiger partial charge in [0, 0.05) is 41.7 Å². The summed E-state index contributed by atoms with van der Waals surface area (Å²) in [7, 11) is -3.59. The second-order valence-electron chi connectivity index (χ2n) is 6.30. The monoisotopic (exact) mass is 354 g/mol. The normalized spacial score (nSPS) is 15.2. The predicted octanol–water partition coefficient (Wildman–Crippen LogP) is 3.12. The van der Waals surface area contributed by atoms with E-state index in [1.54, 1.807) is 12.1 Å². The summed E-state index contributed by atoms with van der Waals surface area (Å²) in [5, 5.41) is 1.07. The number of nitrogens with one attached hydrogen (secondary N) is 1. The zero-order chi connectivity index (χ0) is 17.6. The van der Waals surface area contributed by atoms with E-state index in [0.29, 0.717) is 25.1 Å². The molecule has 0 bridgehead atoms. The average Bonchev–Trinajstić information content (AvgIpc) is 2.99. The van der Waals surface area contributed by atoms with Crippen molar-refractivity contribution >= 4 is 26.7 Å². The maximum absolute atomic E-state index is 13.0. The Bertz CT molecular complexity index is 1070. The van der Waals surface area contributed by atoms with Crippen LogP contribution in [0.5, 0.6) is 0 Å². The number of hydrogen-bond donors (Lipinski definition) is 1. The van der Waals surface area contributed by atoms with E-state index < -0.39 is 10.0 Å². The number of Topliss-reactive ketones (excluding diaryl/α,β-unsaturated/α-hetero) is 1. The van der Waals surface area contributed by atoms with E-state index in [1.807, 2.05) is 24.3 Å². The molecule has 2 aromatic carbocycles. The summed E-state index contributed by atoms with van der Waals surface area (Å²) in [4.78, 5) is 15.0. The van der Waals surface area contributed by atoms with Crippen molar-refractivity contribution in [3.05, 3.63) is 65.4 Å². The Morgan fingerprint density at radius 3 is 2.52 bits per heavy atom. The minimum absolute atomic E-state index is 0.0784. The van der Waals surface area contributed by atoms with Crippen LogP contribution in [-0.2, 0) is 23.0 Å². The lowest BCUT2D eigenvalue weighted by Gasteiger charge is -2.26. The lowest BCUT2D eigenvalue weighted by atomic mass is 10.1. The molecule has 4 rings (SSSR count). The third kappa shape index (κ3) is 2.67. The smallest absolute Gasteiger partial charge is 0.243 e.